The molecule has 2 aromatic carbocycles. The Morgan fingerprint density at radius 1 is 1.17 bits per heavy atom. The highest BCUT2D eigenvalue weighted by Crippen LogP contribution is 2.19. The summed E-state index contributed by atoms with van der Waals surface area (Å²) in [5.41, 5.74) is 9.54. The van der Waals surface area contributed by atoms with Crippen LogP contribution in [0, 0.1) is 0 Å². The van der Waals surface area contributed by atoms with E-state index in [1.807, 2.05) is 0 Å². The highest BCUT2D eigenvalue weighted by Gasteiger charge is 2.24. The SMILES string of the molecule is COC(=O)[C@H](CNC(=O)c1ccccc1)NC(=O)c1ccc(CN=[N+]=[N-])cc1Cl. The average Bonchev–Trinajstić information content (AvgIpc) is 2.74. The Morgan fingerprint density at radius 2 is 1.90 bits per heavy atom. The first-order valence-electron chi connectivity index (χ1n) is 8.47. The minimum absolute atomic E-state index is 0.0917. The summed E-state index contributed by atoms with van der Waals surface area (Å²) in [4.78, 5) is 39.4. The second-order valence-electron chi connectivity index (χ2n) is 5.83. The molecule has 2 rings (SSSR count). The van der Waals surface area contributed by atoms with E-state index in [0.29, 0.717) is 11.1 Å². The minimum atomic E-state index is -1.11. The van der Waals surface area contributed by atoms with E-state index >= 15 is 0 Å². The normalized spacial score (nSPS) is 11.0. The van der Waals surface area contributed by atoms with Crippen molar-refractivity contribution in [1.29, 1.82) is 0 Å². The van der Waals surface area contributed by atoms with Crippen LogP contribution in [0.5, 0.6) is 0 Å². The van der Waals surface area contributed by atoms with Gasteiger partial charge in [0.1, 0.15) is 6.04 Å². The fraction of sp³-hybridized carbons (Fsp3) is 0.211. The molecule has 0 saturated heterocycles. The number of rotatable bonds is 8. The van der Waals surface area contributed by atoms with Crippen molar-refractivity contribution in [2.75, 3.05) is 13.7 Å². The molecule has 0 spiro atoms. The van der Waals surface area contributed by atoms with Crippen molar-refractivity contribution in [3.8, 4) is 0 Å². The van der Waals surface area contributed by atoms with E-state index in [0.717, 1.165) is 0 Å². The van der Waals surface area contributed by atoms with E-state index in [1.54, 1.807) is 36.4 Å². The number of halogens is 1. The summed E-state index contributed by atoms with van der Waals surface area (Å²) in [5.74, 6) is -1.73. The molecular weight excluding hydrogens is 398 g/mol. The summed E-state index contributed by atoms with van der Waals surface area (Å²) in [7, 11) is 1.18. The summed E-state index contributed by atoms with van der Waals surface area (Å²) in [6, 6.07) is 11.9. The maximum absolute atomic E-state index is 12.5. The molecule has 0 bridgehead atoms. The van der Waals surface area contributed by atoms with Crippen LogP contribution in [0.25, 0.3) is 10.4 Å². The molecule has 0 fully saturated rings. The molecule has 0 saturated carbocycles. The Bertz CT molecular complexity index is 945. The number of hydrogen-bond acceptors (Lipinski definition) is 5. The lowest BCUT2D eigenvalue weighted by atomic mass is 10.1. The Balaban J connectivity index is 2.07. The van der Waals surface area contributed by atoms with Crippen molar-refractivity contribution in [3.63, 3.8) is 0 Å². The van der Waals surface area contributed by atoms with Crippen LogP contribution in [0.2, 0.25) is 5.02 Å². The summed E-state index contributed by atoms with van der Waals surface area (Å²) < 4.78 is 4.70. The summed E-state index contributed by atoms with van der Waals surface area (Å²) in [6.07, 6.45) is 0. The van der Waals surface area contributed by atoms with Gasteiger partial charge in [0.25, 0.3) is 11.8 Å². The number of esters is 1. The van der Waals surface area contributed by atoms with Gasteiger partial charge in [-0.2, -0.15) is 0 Å². The number of nitrogens with one attached hydrogen (secondary N) is 2. The van der Waals surface area contributed by atoms with Gasteiger partial charge in [-0.1, -0.05) is 41.0 Å². The number of carbonyl (C=O) groups excluding carboxylic acids is 3. The molecule has 29 heavy (non-hydrogen) atoms. The lowest BCUT2D eigenvalue weighted by molar-refractivity contribution is -0.142. The van der Waals surface area contributed by atoms with Crippen LogP contribution in [-0.2, 0) is 16.1 Å². The van der Waals surface area contributed by atoms with Gasteiger partial charge in [0.2, 0.25) is 0 Å². The molecule has 0 radical (unpaired) electrons. The molecule has 0 aliphatic carbocycles. The summed E-state index contributed by atoms with van der Waals surface area (Å²) >= 11 is 6.13. The molecule has 10 heteroatoms. The molecule has 0 unspecified atom stereocenters. The van der Waals surface area contributed by atoms with Crippen LogP contribution < -0.4 is 10.6 Å². The molecule has 2 N–H and O–H groups in total. The molecule has 0 aliphatic heterocycles. The number of ether oxygens (including phenoxy) is 1. The molecule has 1 atom stereocenters. The molecule has 0 aromatic heterocycles. The van der Waals surface area contributed by atoms with Crippen molar-refractivity contribution >= 4 is 29.4 Å². The lowest BCUT2D eigenvalue weighted by Crippen LogP contribution is -2.49. The van der Waals surface area contributed by atoms with Gasteiger partial charge in [-0.25, -0.2) is 4.79 Å². The first kappa shape index (κ1) is 21.7. The molecule has 2 aromatic rings. The smallest absolute Gasteiger partial charge is 0.330 e. The van der Waals surface area contributed by atoms with Crippen LogP contribution in [0.15, 0.2) is 53.6 Å². The third-order valence-electron chi connectivity index (χ3n) is 3.89. The van der Waals surface area contributed by atoms with Gasteiger partial charge in [0.05, 0.1) is 24.2 Å². The van der Waals surface area contributed by atoms with E-state index in [-0.39, 0.29) is 23.7 Å². The summed E-state index contributed by atoms with van der Waals surface area (Å²) in [6.45, 7) is -0.0762. The first-order valence-corrected chi connectivity index (χ1v) is 8.85. The zero-order valence-electron chi connectivity index (χ0n) is 15.5. The lowest BCUT2D eigenvalue weighted by Gasteiger charge is -2.18. The standard InChI is InChI=1S/C19H18ClN5O4/c1-29-19(28)16(11-22-17(26)13-5-3-2-4-6-13)24-18(27)14-8-7-12(9-15(14)20)10-23-25-21/h2-9,16H,10-11H2,1H3,(H,22,26)(H,24,27)/t16-/m0/s1. The number of methoxy groups -OCH3 is 1. The molecule has 0 heterocycles. The number of benzene rings is 2. The van der Waals surface area contributed by atoms with Gasteiger partial charge in [-0.3, -0.25) is 9.59 Å². The first-order chi connectivity index (χ1) is 14.0. The van der Waals surface area contributed by atoms with E-state index in [9.17, 15) is 14.4 Å². The van der Waals surface area contributed by atoms with Gasteiger partial charge in [-0.15, -0.1) is 0 Å². The van der Waals surface area contributed by atoms with E-state index in [2.05, 4.69) is 20.7 Å². The molecule has 9 nitrogen and oxygen atoms in total. The van der Waals surface area contributed by atoms with Gasteiger partial charge >= 0.3 is 5.97 Å². The van der Waals surface area contributed by atoms with Crippen LogP contribution in [0.4, 0.5) is 0 Å². The van der Waals surface area contributed by atoms with Crippen LogP contribution in [0.1, 0.15) is 26.3 Å². The summed E-state index contributed by atoms with van der Waals surface area (Å²) in [5, 5.41) is 8.64. The largest absolute Gasteiger partial charge is 0.467 e. The molecule has 0 aliphatic rings. The number of hydrogen-bond donors (Lipinski definition) is 2. The second-order valence-corrected chi connectivity index (χ2v) is 6.24. The van der Waals surface area contributed by atoms with Gasteiger partial charge in [0.15, 0.2) is 0 Å². The molecular formula is C19H18ClN5O4. The fourth-order valence-corrected chi connectivity index (χ4v) is 2.70. The van der Waals surface area contributed by atoms with Crippen molar-refractivity contribution in [1.82, 2.24) is 10.6 Å². The zero-order chi connectivity index (χ0) is 21.2. The highest BCUT2D eigenvalue weighted by atomic mass is 35.5. The van der Waals surface area contributed by atoms with E-state index in [1.165, 1.54) is 19.2 Å². The molecule has 2 amide bonds. The average molecular weight is 416 g/mol. The molecule has 150 valence electrons. The Labute approximate surface area is 171 Å². The van der Waals surface area contributed by atoms with Gasteiger partial charge in [0, 0.05) is 17.0 Å². The predicted molar refractivity (Wildman–Crippen MR) is 106 cm³/mol. The minimum Gasteiger partial charge on any atom is -0.467 e. The van der Waals surface area contributed by atoms with E-state index in [4.69, 9.17) is 21.9 Å². The number of amides is 2. The number of azide groups is 1. The van der Waals surface area contributed by atoms with Crippen LogP contribution >= 0.6 is 11.6 Å². The maximum Gasteiger partial charge on any atom is 0.330 e. The van der Waals surface area contributed by atoms with Crippen LogP contribution in [0.3, 0.4) is 0 Å². The van der Waals surface area contributed by atoms with E-state index < -0.39 is 23.8 Å². The second kappa shape index (κ2) is 10.7. The third-order valence-corrected chi connectivity index (χ3v) is 4.20. The Hall–Kier alpha value is -3.55. The number of nitrogens with zero attached hydrogens (tertiary/aromatic N) is 3. The third kappa shape index (κ3) is 6.24. The predicted octanol–water partition coefficient (Wildman–Crippen LogP) is 2.85. The fourth-order valence-electron chi connectivity index (χ4n) is 2.41. The maximum atomic E-state index is 12.5. The van der Waals surface area contributed by atoms with Crippen molar-refractivity contribution in [2.24, 2.45) is 5.11 Å². The van der Waals surface area contributed by atoms with Crippen molar-refractivity contribution < 1.29 is 19.1 Å². The monoisotopic (exact) mass is 415 g/mol. The Kier molecular flexibility index (Phi) is 8.02. The van der Waals surface area contributed by atoms with Crippen LogP contribution in [-0.4, -0.2) is 37.5 Å². The topological polar surface area (TPSA) is 133 Å². The number of carbonyl (C=O) groups is 3. The van der Waals surface area contributed by atoms with Gasteiger partial charge in [-0.05, 0) is 35.4 Å². The van der Waals surface area contributed by atoms with Gasteiger partial charge < -0.3 is 15.4 Å². The highest BCUT2D eigenvalue weighted by molar-refractivity contribution is 6.34. The quantitative estimate of drug-likeness (QED) is 0.296. The van der Waals surface area contributed by atoms with Crippen molar-refractivity contribution in [2.45, 2.75) is 12.6 Å². The Morgan fingerprint density at radius 3 is 2.52 bits per heavy atom. The van der Waals surface area contributed by atoms with Crippen molar-refractivity contribution in [3.05, 3.63) is 80.7 Å². The zero-order valence-corrected chi connectivity index (χ0v) is 16.2.